The zero-order valence-electron chi connectivity index (χ0n) is 10.9. The monoisotopic (exact) mass is 238 g/mol. The van der Waals surface area contributed by atoms with E-state index in [4.69, 9.17) is 4.74 Å². The highest BCUT2D eigenvalue weighted by molar-refractivity contribution is 4.93. The summed E-state index contributed by atoms with van der Waals surface area (Å²) in [6, 6.07) is 0. The molecule has 2 heterocycles. The van der Waals surface area contributed by atoms with Crippen LogP contribution in [0.15, 0.2) is 6.20 Å². The van der Waals surface area contributed by atoms with E-state index in [9.17, 15) is 0 Å². The van der Waals surface area contributed by atoms with Crippen molar-refractivity contribution in [3.05, 3.63) is 11.9 Å². The Morgan fingerprint density at radius 3 is 3.00 bits per heavy atom. The summed E-state index contributed by atoms with van der Waals surface area (Å²) in [5.74, 6) is 0. The van der Waals surface area contributed by atoms with Gasteiger partial charge in [-0.1, -0.05) is 5.21 Å². The smallest absolute Gasteiger partial charge is 0.0965 e. The summed E-state index contributed by atoms with van der Waals surface area (Å²) in [6.07, 6.45) is 4.62. The minimum Gasteiger partial charge on any atom is -0.376 e. The first-order valence-corrected chi connectivity index (χ1v) is 6.28. The first-order chi connectivity index (χ1) is 8.03. The van der Waals surface area contributed by atoms with Crippen molar-refractivity contribution in [2.45, 2.75) is 58.3 Å². The highest BCUT2D eigenvalue weighted by atomic mass is 16.5. The van der Waals surface area contributed by atoms with Gasteiger partial charge in [0.1, 0.15) is 0 Å². The Hall–Kier alpha value is -0.940. The molecule has 1 aromatic heterocycles. The first kappa shape index (κ1) is 12.5. The van der Waals surface area contributed by atoms with E-state index in [1.807, 2.05) is 10.9 Å². The van der Waals surface area contributed by atoms with Crippen molar-refractivity contribution in [2.24, 2.45) is 0 Å². The number of nitrogens with zero attached hydrogens (tertiary/aromatic N) is 3. The van der Waals surface area contributed by atoms with Gasteiger partial charge in [0.15, 0.2) is 0 Å². The van der Waals surface area contributed by atoms with Crippen LogP contribution in [-0.2, 0) is 17.8 Å². The third-order valence-electron chi connectivity index (χ3n) is 2.80. The van der Waals surface area contributed by atoms with Crippen LogP contribution in [0.3, 0.4) is 0 Å². The van der Waals surface area contributed by atoms with Crippen molar-refractivity contribution in [3.63, 3.8) is 0 Å². The number of hydrogen-bond acceptors (Lipinski definition) is 4. The second kappa shape index (κ2) is 5.14. The summed E-state index contributed by atoms with van der Waals surface area (Å²) in [6.45, 7) is 8.90. The standard InChI is InChI=1S/C12H22N4O/c1-12(2,3)13-7-10-8-16(15-14-10)9-11-5-4-6-17-11/h8,11,13H,4-7,9H2,1-3H3. The predicted octanol–water partition coefficient (Wildman–Crippen LogP) is 1.35. The van der Waals surface area contributed by atoms with Crippen LogP contribution in [0.2, 0.25) is 0 Å². The second-order valence-electron chi connectivity index (χ2n) is 5.67. The van der Waals surface area contributed by atoms with Crippen molar-refractivity contribution < 1.29 is 4.74 Å². The lowest BCUT2D eigenvalue weighted by Crippen LogP contribution is -2.35. The van der Waals surface area contributed by atoms with Crippen molar-refractivity contribution >= 4 is 0 Å². The first-order valence-electron chi connectivity index (χ1n) is 6.28. The Labute approximate surface area is 103 Å². The van der Waals surface area contributed by atoms with Gasteiger partial charge in [-0.05, 0) is 33.6 Å². The lowest BCUT2D eigenvalue weighted by atomic mass is 10.1. The summed E-state index contributed by atoms with van der Waals surface area (Å²) in [5, 5.41) is 11.7. The van der Waals surface area contributed by atoms with Crippen LogP contribution >= 0.6 is 0 Å². The molecule has 0 spiro atoms. The fraction of sp³-hybridized carbons (Fsp3) is 0.833. The molecule has 1 aliphatic rings. The van der Waals surface area contributed by atoms with Gasteiger partial charge in [-0.15, -0.1) is 5.10 Å². The third kappa shape index (κ3) is 4.09. The predicted molar refractivity (Wildman–Crippen MR) is 65.6 cm³/mol. The molecule has 2 rings (SSSR count). The highest BCUT2D eigenvalue weighted by Gasteiger charge is 2.17. The van der Waals surface area contributed by atoms with Gasteiger partial charge >= 0.3 is 0 Å². The van der Waals surface area contributed by atoms with E-state index in [2.05, 4.69) is 36.4 Å². The Kier molecular flexibility index (Phi) is 3.79. The molecular formula is C12H22N4O. The number of aromatic nitrogens is 3. The SMILES string of the molecule is CC(C)(C)NCc1cn(CC2CCCO2)nn1. The highest BCUT2D eigenvalue weighted by Crippen LogP contribution is 2.13. The van der Waals surface area contributed by atoms with Crippen LogP contribution in [0.1, 0.15) is 39.3 Å². The van der Waals surface area contributed by atoms with Gasteiger partial charge < -0.3 is 10.1 Å². The van der Waals surface area contributed by atoms with Crippen LogP contribution < -0.4 is 5.32 Å². The lowest BCUT2D eigenvalue weighted by molar-refractivity contribution is 0.0935. The molecule has 96 valence electrons. The number of ether oxygens (including phenoxy) is 1. The van der Waals surface area contributed by atoms with Gasteiger partial charge in [-0.25, -0.2) is 4.68 Å². The second-order valence-corrected chi connectivity index (χ2v) is 5.67. The van der Waals surface area contributed by atoms with E-state index in [1.54, 1.807) is 0 Å². The number of hydrogen-bond donors (Lipinski definition) is 1. The molecule has 5 heteroatoms. The molecular weight excluding hydrogens is 216 g/mol. The molecule has 0 bridgehead atoms. The van der Waals surface area contributed by atoms with Crippen LogP contribution in [0, 0.1) is 0 Å². The molecule has 5 nitrogen and oxygen atoms in total. The van der Waals surface area contributed by atoms with Gasteiger partial charge in [-0.3, -0.25) is 0 Å². The summed E-state index contributed by atoms with van der Waals surface area (Å²) in [7, 11) is 0. The topological polar surface area (TPSA) is 52.0 Å². The third-order valence-corrected chi connectivity index (χ3v) is 2.80. The summed E-state index contributed by atoms with van der Waals surface area (Å²) >= 11 is 0. The van der Waals surface area contributed by atoms with Crippen molar-refractivity contribution in [2.75, 3.05) is 6.61 Å². The van der Waals surface area contributed by atoms with E-state index >= 15 is 0 Å². The maximum Gasteiger partial charge on any atom is 0.0965 e. The average molecular weight is 238 g/mol. The molecule has 1 aliphatic heterocycles. The van der Waals surface area contributed by atoms with E-state index in [0.717, 1.165) is 38.2 Å². The van der Waals surface area contributed by atoms with Gasteiger partial charge in [0.05, 0.1) is 18.3 Å². The average Bonchev–Trinajstić information content (AvgIpc) is 2.86. The van der Waals surface area contributed by atoms with Crippen molar-refractivity contribution in [3.8, 4) is 0 Å². The van der Waals surface area contributed by atoms with Gasteiger partial charge in [0.2, 0.25) is 0 Å². The molecule has 17 heavy (non-hydrogen) atoms. The summed E-state index contributed by atoms with van der Waals surface area (Å²) in [5.41, 5.74) is 1.09. The quantitative estimate of drug-likeness (QED) is 0.860. The maximum absolute atomic E-state index is 5.58. The Bertz CT molecular complexity index is 350. The molecule has 1 unspecified atom stereocenters. The van der Waals surface area contributed by atoms with E-state index in [-0.39, 0.29) is 5.54 Å². The van der Waals surface area contributed by atoms with Gasteiger partial charge in [0, 0.05) is 24.9 Å². The Balaban J connectivity index is 1.83. The number of nitrogens with one attached hydrogen (secondary N) is 1. The lowest BCUT2D eigenvalue weighted by Gasteiger charge is -2.19. The van der Waals surface area contributed by atoms with Gasteiger partial charge in [0.25, 0.3) is 0 Å². The number of rotatable bonds is 4. The van der Waals surface area contributed by atoms with Gasteiger partial charge in [-0.2, -0.15) is 0 Å². The maximum atomic E-state index is 5.58. The Morgan fingerprint density at radius 1 is 1.53 bits per heavy atom. The molecule has 1 atom stereocenters. The zero-order valence-corrected chi connectivity index (χ0v) is 10.9. The van der Waals surface area contributed by atoms with E-state index < -0.39 is 0 Å². The molecule has 1 saturated heterocycles. The fourth-order valence-electron chi connectivity index (χ4n) is 1.86. The molecule has 0 aliphatic carbocycles. The van der Waals surface area contributed by atoms with Crippen LogP contribution in [-0.4, -0.2) is 33.2 Å². The molecule has 0 amide bonds. The van der Waals surface area contributed by atoms with Crippen molar-refractivity contribution in [1.29, 1.82) is 0 Å². The minimum absolute atomic E-state index is 0.109. The molecule has 1 aromatic rings. The molecule has 1 fully saturated rings. The van der Waals surface area contributed by atoms with Crippen molar-refractivity contribution in [1.82, 2.24) is 20.3 Å². The van der Waals surface area contributed by atoms with E-state index in [0.29, 0.717) is 6.10 Å². The van der Waals surface area contributed by atoms with Crippen LogP contribution in [0.5, 0.6) is 0 Å². The molecule has 1 N–H and O–H groups in total. The fourth-order valence-corrected chi connectivity index (χ4v) is 1.86. The molecule has 0 aromatic carbocycles. The normalized spacial score (nSPS) is 21.0. The largest absolute Gasteiger partial charge is 0.376 e. The molecule has 0 saturated carbocycles. The summed E-state index contributed by atoms with van der Waals surface area (Å²) in [4.78, 5) is 0. The van der Waals surface area contributed by atoms with Crippen LogP contribution in [0.25, 0.3) is 0 Å². The minimum atomic E-state index is 0.109. The van der Waals surface area contributed by atoms with Crippen LogP contribution in [0.4, 0.5) is 0 Å². The van der Waals surface area contributed by atoms with E-state index in [1.165, 1.54) is 0 Å². The summed E-state index contributed by atoms with van der Waals surface area (Å²) < 4.78 is 7.46. The zero-order chi connectivity index (χ0) is 12.3. The Morgan fingerprint density at radius 2 is 2.35 bits per heavy atom. The molecule has 0 radical (unpaired) electrons.